The van der Waals surface area contributed by atoms with Gasteiger partial charge in [0.25, 0.3) is 0 Å². The molecule has 4 heteroatoms. The van der Waals surface area contributed by atoms with Crippen LogP contribution >= 0.6 is 0 Å². The van der Waals surface area contributed by atoms with Gasteiger partial charge in [0.15, 0.2) is 0 Å². The predicted octanol–water partition coefficient (Wildman–Crippen LogP) is 4.33. The smallest absolute Gasteiger partial charge is 0.136 e. The molecule has 21 heavy (non-hydrogen) atoms. The van der Waals surface area contributed by atoms with E-state index >= 15 is 0 Å². The Morgan fingerprint density at radius 2 is 1.81 bits per heavy atom. The van der Waals surface area contributed by atoms with Crippen molar-refractivity contribution in [1.29, 1.82) is 0 Å². The first-order valence-corrected chi connectivity index (χ1v) is 7.03. The molecule has 1 aliphatic rings. The van der Waals surface area contributed by atoms with Crippen molar-refractivity contribution in [2.75, 3.05) is 0 Å². The fourth-order valence-electron chi connectivity index (χ4n) is 2.32. The molecule has 1 saturated carbocycles. The zero-order valence-electron chi connectivity index (χ0n) is 11.7. The molecule has 1 aliphatic carbocycles. The van der Waals surface area contributed by atoms with Crippen LogP contribution in [0.4, 0.5) is 13.2 Å². The Balaban J connectivity index is 1.93. The van der Waals surface area contributed by atoms with Crippen LogP contribution in [0.3, 0.4) is 0 Å². The number of hydrogen-bond acceptors (Lipinski definition) is 1. The van der Waals surface area contributed by atoms with Crippen LogP contribution in [0.2, 0.25) is 0 Å². The van der Waals surface area contributed by atoms with Gasteiger partial charge < -0.3 is 5.32 Å². The highest BCUT2D eigenvalue weighted by Gasteiger charge is 2.21. The van der Waals surface area contributed by atoms with Crippen LogP contribution in [-0.4, -0.2) is 6.04 Å². The summed E-state index contributed by atoms with van der Waals surface area (Å²) in [5.74, 6) is -2.06. The second-order valence-corrected chi connectivity index (χ2v) is 5.52. The lowest BCUT2D eigenvalue weighted by molar-refractivity contribution is 0.576. The van der Waals surface area contributed by atoms with E-state index in [-0.39, 0.29) is 11.1 Å². The fourth-order valence-corrected chi connectivity index (χ4v) is 2.32. The molecule has 0 amide bonds. The Bertz CT molecular complexity index is 678. The molecule has 0 bridgehead atoms. The minimum absolute atomic E-state index is 0.0381. The van der Waals surface area contributed by atoms with E-state index in [0.717, 1.165) is 24.5 Å². The van der Waals surface area contributed by atoms with Crippen molar-refractivity contribution in [3.63, 3.8) is 0 Å². The van der Waals surface area contributed by atoms with Crippen molar-refractivity contribution in [2.24, 2.45) is 0 Å². The molecule has 1 nitrogen and oxygen atoms in total. The van der Waals surface area contributed by atoms with Gasteiger partial charge in [-0.2, -0.15) is 0 Å². The maximum Gasteiger partial charge on any atom is 0.136 e. The normalized spacial score (nSPS) is 14.5. The number of rotatable bonds is 4. The number of nitrogens with one attached hydrogen (secondary N) is 1. The van der Waals surface area contributed by atoms with Crippen molar-refractivity contribution in [3.05, 3.63) is 58.9 Å². The zero-order valence-corrected chi connectivity index (χ0v) is 11.7. The van der Waals surface area contributed by atoms with E-state index in [4.69, 9.17) is 0 Å². The van der Waals surface area contributed by atoms with Crippen LogP contribution in [0.1, 0.15) is 24.0 Å². The van der Waals surface area contributed by atoms with E-state index in [1.807, 2.05) is 0 Å². The Kier molecular flexibility index (Phi) is 3.72. The lowest BCUT2D eigenvalue weighted by Gasteiger charge is -2.10. The minimum atomic E-state index is -0.749. The number of aryl methyl sites for hydroxylation is 1. The summed E-state index contributed by atoms with van der Waals surface area (Å²) in [7, 11) is 0. The summed E-state index contributed by atoms with van der Waals surface area (Å²) in [6.45, 7) is 2.10. The highest BCUT2D eigenvalue weighted by atomic mass is 19.1. The molecule has 3 rings (SSSR count). The maximum absolute atomic E-state index is 14.2. The van der Waals surface area contributed by atoms with Crippen LogP contribution in [0.25, 0.3) is 11.1 Å². The van der Waals surface area contributed by atoms with Crippen molar-refractivity contribution < 1.29 is 13.2 Å². The van der Waals surface area contributed by atoms with E-state index < -0.39 is 17.5 Å². The van der Waals surface area contributed by atoms with Gasteiger partial charge in [-0.05, 0) is 43.0 Å². The van der Waals surface area contributed by atoms with Gasteiger partial charge >= 0.3 is 0 Å². The molecule has 0 radical (unpaired) electrons. The lowest BCUT2D eigenvalue weighted by Crippen LogP contribution is -2.15. The van der Waals surface area contributed by atoms with Gasteiger partial charge in [-0.3, -0.25) is 0 Å². The summed E-state index contributed by atoms with van der Waals surface area (Å²) < 4.78 is 42.1. The largest absolute Gasteiger partial charge is 0.310 e. The molecule has 0 atom stereocenters. The van der Waals surface area contributed by atoms with Crippen LogP contribution in [0.5, 0.6) is 0 Å². The topological polar surface area (TPSA) is 12.0 Å². The number of benzene rings is 2. The van der Waals surface area contributed by atoms with Crippen molar-refractivity contribution in [2.45, 2.75) is 32.4 Å². The summed E-state index contributed by atoms with van der Waals surface area (Å²) in [5, 5.41) is 3.28. The standard InChI is InChI=1S/C17H16F3N/c1-10-2-7-14(18)16(17(10)20)13-6-3-11(8-15(13)19)9-21-12-4-5-12/h2-3,6-8,12,21H,4-5,9H2,1H3. The minimum Gasteiger partial charge on any atom is -0.310 e. The highest BCUT2D eigenvalue weighted by Crippen LogP contribution is 2.30. The van der Waals surface area contributed by atoms with Gasteiger partial charge in [0.2, 0.25) is 0 Å². The maximum atomic E-state index is 14.2. The lowest BCUT2D eigenvalue weighted by atomic mass is 10.00. The number of halogens is 3. The summed E-state index contributed by atoms with van der Waals surface area (Å²) in [6.07, 6.45) is 2.31. The molecule has 2 aromatic rings. The monoisotopic (exact) mass is 291 g/mol. The summed E-state index contributed by atoms with van der Waals surface area (Å²) in [4.78, 5) is 0. The molecule has 0 spiro atoms. The van der Waals surface area contributed by atoms with E-state index in [1.165, 1.54) is 25.1 Å². The Hall–Kier alpha value is -1.81. The molecule has 1 N–H and O–H groups in total. The first-order valence-electron chi connectivity index (χ1n) is 7.03. The second kappa shape index (κ2) is 5.53. The predicted molar refractivity (Wildman–Crippen MR) is 76.4 cm³/mol. The first kappa shape index (κ1) is 14.1. The fraction of sp³-hybridized carbons (Fsp3) is 0.294. The molecule has 2 aromatic carbocycles. The number of hydrogen-bond donors (Lipinski definition) is 1. The van der Waals surface area contributed by atoms with Gasteiger partial charge in [0.05, 0.1) is 5.56 Å². The Morgan fingerprint density at radius 3 is 2.48 bits per heavy atom. The van der Waals surface area contributed by atoms with Crippen LogP contribution in [0.15, 0.2) is 30.3 Å². The van der Waals surface area contributed by atoms with Crippen LogP contribution in [0, 0.1) is 24.4 Å². The zero-order chi connectivity index (χ0) is 15.0. The van der Waals surface area contributed by atoms with Gasteiger partial charge in [-0.25, -0.2) is 13.2 Å². The molecular weight excluding hydrogens is 275 g/mol. The molecular formula is C17H16F3N. The molecule has 0 heterocycles. The van der Waals surface area contributed by atoms with Crippen LogP contribution in [-0.2, 0) is 6.54 Å². The third-order valence-corrected chi connectivity index (χ3v) is 3.76. The Labute approximate surface area is 121 Å². The first-order chi connectivity index (χ1) is 10.1. The van der Waals surface area contributed by atoms with E-state index in [0.29, 0.717) is 18.2 Å². The van der Waals surface area contributed by atoms with Gasteiger partial charge in [-0.15, -0.1) is 0 Å². The van der Waals surface area contributed by atoms with Crippen LogP contribution < -0.4 is 5.32 Å². The van der Waals surface area contributed by atoms with E-state index in [2.05, 4.69) is 5.32 Å². The van der Waals surface area contributed by atoms with Gasteiger partial charge in [0, 0.05) is 18.2 Å². The molecule has 0 unspecified atom stereocenters. The SMILES string of the molecule is Cc1ccc(F)c(-c2ccc(CNC3CC3)cc2F)c1F. The average Bonchev–Trinajstić information content (AvgIpc) is 3.27. The summed E-state index contributed by atoms with van der Waals surface area (Å²) in [5.41, 5.74) is 0.736. The molecule has 0 saturated heterocycles. The molecule has 1 fully saturated rings. The molecule has 0 aromatic heterocycles. The average molecular weight is 291 g/mol. The van der Waals surface area contributed by atoms with Crippen molar-refractivity contribution in [1.82, 2.24) is 5.32 Å². The van der Waals surface area contributed by atoms with E-state index in [1.54, 1.807) is 6.07 Å². The highest BCUT2D eigenvalue weighted by molar-refractivity contribution is 5.66. The van der Waals surface area contributed by atoms with E-state index in [9.17, 15) is 13.2 Å². The summed E-state index contributed by atoms with van der Waals surface area (Å²) >= 11 is 0. The van der Waals surface area contributed by atoms with Gasteiger partial charge in [-0.1, -0.05) is 18.2 Å². The Morgan fingerprint density at radius 1 is 1.05 bits per heavy atom. The summed E-state index contributed by atoms with van der Waals surface area (Å²) in [6, 6.07) is 7.52. The van der Waals surface area contributed by atoms with Gasteiger partial charge in [0.1, 0.15) is 17.5 Å². The molecule has 110 valence electrons. The third kappa shape index (κ3) is 2.95. The quantitative estimate of drug-likeness (QED) is 0.884. The second-order valence-electron chi connectivity index (χ2n) is 5.52. The third-order valence-electron chi connectivity index (χ3n) is 3.76. The van der Waals surface area contributed by atoms with Crippen molar-refractivity contribution in [3.8, 4) is 11.1 Å². The molecule has 0 aliphatic heterocycles. The van der Waals surface area contributed by atoms with Crippen molar-refractivity contribution >= 4 is 0 Å².